The molecule has 27 heavy (non-hydrogen) atoms. The van der Waals surface area contributed by atoms with Crippen molar-refractivity contribution in [3.05, 3.63) is 66.2 Å². The second-order valence-corrected chi connectivity index (χ2v) is 7.32. The summed E-state index contributed by atoms with van der Waals surface area (Å²) in [5.74, 6) is 0.695. The molecule has 1 aliphatic rings. The number of anilines is 1. The van der Waals surface area contributed by atoms with Crippen LogP contribution < -0.4 is 4.90 Å². The second kappa shape index (κ2) is 10.5. The monoisotopic (exact) mass is 386 g/mol. The van der Waals surface area contributed by atoms with E-state index < -0.39 is 0 Å². The molecule has 0 aromatic heterocycles. The Bertz CT molecular complexity index is 692. The van der Waals surface area contributed by atoms with Crippen LogP contribution in [0.25, 0.3) is 0 Å². The number of amides is 1. The smallest absolute Gasteiger partial charge is 0.226 e. The summed E-state index contributed by atoms with van der Waals surface area (Å²) in [7, 11) is 0. The van der Waals surface area contributed by atoms with Crippen molar-refractivity contribution in [1.29, 1.82) is 0 Å². The Balaban J connectivity index is 0.00000261. The van der Waals surface area contributed by atoms with E-state index in [4.69, 9.17) is 0 Å². The van der Waals surface area contributed by atoms with Crippen LogP contribution in [0.2, 0.25) is 0 Å². The zero-order valence-electron chi connectivity index (χ0n) is 16.4. The minimum absolute atomic E-state index is 0. The summed E-state index contributed by atoms with van der Waals surface area (Å²) in [4.78, 5) is 17.3. The number of nitrogens with zero attached hydrogens (tertiary/aromatic N) is 2. The molecule has 1 heterocycles. The maximum atomic E-state index is 12.7. The van der Waals surface area contributed by atoms with Crippen LogP contribution in [0.1, 0.15) is 32.3 Å². The average molecular weight is 387 g/mol. The van der Waals surface area contributed by atoms with Gasteiger partial charge in [0.15, 0.2) is 0 Å². The maximum Gasteiger partial charge on any atom is 0.226 e. The van der Waals surface area contributed by atoms with Crippen molar-refractivity contribution in [2.24, 2.45) is 5.92 Å². The highest BCUT2D eigenvalue weighted by Gasteiger charge is 2.33. The first-order valence-corrected chi connectivity index (χ1v) is 9.82. The van der Waals surface area contributed by atoms with Gasteiger partial charge >= 0.3 is 0 Å². The standard InChI is InChI=1S/C23H30N2O.ClH/c1-3-23(26)25(21-12-8-5-9-13-21)22-15-17-24(18-19(22)2)16-14-20-10-6-4-7-11-20;/h4-13,19,22H,3,14-18H2,1-2H3;1H/t19-,22+;/m0./s1. The van der Waals surface area contributed by atoms with Crippen LogP contribution in [-0.2, 0) is 11.2 Å². The molecule has 0 N–H and O–H groups in total. The summed E-state index contributed by atoms with van der Waals surface area (Å²) in [6.45, 7) is 7.45. The molecule has 0 radical (unpaired) electrons. The van der Waals surface area contributed by atoms with Crippen LogP contribution in [0.15, 0.2) is 60.7 Å². The van der Waals surface area contributed by atoms with Crippen LogP contribution in [-0.4, -0.2) is 36.5 Å². The molecule has 146 valence electrons. The summed E-state index contributed by atoms with van der Waals surface area (Å²) in [6, 6.07) is 21.1. The van der Waals surface area contributed by atoms with Gasteiger partial charge in [0, 0.05) is 37.8 Å². The fourth-order valence-corrected chi connectivity index (χ4v) is 4.02. The van der Waals surface area contributed by atoms with Gasteiger partial charge < -0.3 is 9.80 Å². The van der Waals surface area contributed by atoms with Crippen molar-refractivity contribution in [3.8, 4) is 0 Å². The number of hydrogen-bond donors (Lipinski definition) is 0. The van der Waals surface area contributed by atoms with E-state index in [1.165, 1.54) is 5.56 Å². The lowest BCUT2D eigenvalue weighted by Gasteiger charge is -2.42. The first-order chi connectivity index (χ1) is 12.7. The molecule has 0 unspecified atom stereocenters. The summed E-state index contributed by atoms with van der Waals surface area (Å²) < 4.78 is 0. The maximum absolute atomic E-state index is 12.7. The molecule has 1 aliphatic heterocycles. The van der Waals surface area contributed by atoms with Crippen molar-refractivity contribution in [2.75, 3.05) is 24.5 Å². The molecule has 4 heteroatoms. The van der Waals surface area contributed by atoms with Gasteiger partial charge in [-0.05, 0) is 36.5 Å². The van der Waals surface area contributed by atoms with Gasteiger partial charge in [-0.25, -0.2) is 0 Å². The Labute approximate surface area is 169 Å². The van der Waals surface area contributed by atoms with Crippen molar-refractivity contribution in [1.82, 2.24) is 4.90 Å². The van der Waals surface area contributed by atoms with E-state index in [1.54, 1.807) is 0 Å². The molecular weight excluding hydrogens is 356 g/mol. The van der Waals surface area contributed by atoms with Crippen molar-refractivity contribution >= 4 is 24.0 Å². The second-order valence-electron chi connectivity index (χ2n) is 7.32. The number of carbonyl (C=O) groups is 1. The minimum Gasteiger partial charge on any atom is -0.309 e. The SMILES string of the molecule is CCC(=O)N(c1ccccc1)[C@@H]1CCN(CCc2ccccc2)C[C@@H]1C.Cl. The number of hydrogen-bond acceptors (Lipinski definition) is 2. The van der Waals surface area contributed by atoms with E-state index in [9.17, 15) is 4.79 Å². The first-order valence-electron chi connectivity index (χ1n) is 9.82. The van der Waals surface area contributed by atoms with Gasteiger partial charge in [0.05, 0.1) is 0 Å². The van der Waals surface area contributed by atoms with Crippen molar-refractivity contribution < 1.29 is 4.79 Å². The van der Waals surface area contributed by atoms with E-state index in [0.29, 0.717) is 12.3 Å². The number of para-hydroxylation sites is 1. The molecule has 3 nitrogen and oxygen atoms in total. The minimum atomic E-state index is 0. The van der Waals surface area contributed by atoms with E-state index in [-0.39, 0.29) is 24.4 Å². The molecule has 0 bridgehead atoms. The number of likely N-dealkylation sites (tertiary alicyclic amines) is 1. The van der Waals surface area contributed by atoms with Crippen LogP contribution in [0.3, 0.4) is 0 Å². The first kappa shape index (κ1) is 21.5. The third kappa shape index (κ3) is 5.57. The molecule has 1 fully saturated rings. The zero-order chi connectivity index (χ0) is 18.4. The number of benzene rings is 2. The van der Waals surface area contributed by atoms with Gasteiger partial charge in [0.2, 0.25) is 5.91 Å². The third-order valence-corrected chi connectivity index (χ3v) is 5.44. The summed E-state index contributed by atoms with van der Waals surface area (Å²) in [5, 5.41) is 0. The lowest BCUT2D eigenvalue weighted by atomic mass is 9.91. The zero-order valence-corrected chi connectivity index (χ0v) is 17.2. The van der Waals surface area contributed by atoms with Gasteiger partial charge in [-0.3, -0.25) is 4.79 Å². The van der Waals surface area contributed by atoms with Crippen LogP contribution in [0.5, 0.6) is 0 Å². The molecule has 1 amide bonds. The van der Waals surface area contributed by atoms with Crippen LogP contribution in [0.4, 0.5) is 5.69 Å². The lowest BCUT2D eigenvalue weighted by molar-refractivity contribution is -0.119. The Hall–Kier alpha value is -1.84. The largest absolute Gasteiger partial charge is 0.309 e. The highest BCUT2D eigenvalue weighted by Crippen LogP contribution is 2.28. The predicted molar refractivity (Wildman–Crippen MR) is 116 cm³/mol. The van der Waals surface area contributed by atoms with Crippen LogP contribution >= 0.6 is 12.4 Å². The Morgan fingerprint density at radius 2 is 1.70 bits per heavy atom. The highest BCUT2D eigenvalue weighted by molar-refractivity contribution is 5.93. The molecule has 0 aliphatic carbocycles. The van der Waals surface area contributed by atoms with Gasteiger partial charge in [-0.1, -0.05) is 62.4 Å². The molecule has 0 spiro atoms. The molecule has 2 atom stereocenters. The number of carbonyl (C=O) groups excluding carboxylic acids is 1. The van der Waals surface area contributed by atoms with Crippen LogP contribution in [0, 0.1) is 5.92 Å². The van der Waals surface area contributed by atoms with Gasteiger partial charge in [-0.2, -0.15) is 0 Å². The average Bonchev–Trinajstić information content (AvgIpc) is 2.69. The highest BCUT2D eigenvalue weighted by atomic mass is 35.5. The lowest BCUT2D eigenvalue weighted by Crippen LogP contribution is -2.52. The Morgan fingerprint density at radius 3 is 2.30 bits per heavy atom. The molecule has 1 saturated heterocycles. The third-order valence-electron chi connectivity index (χ3n) is 5.44. The fourth-order valence-electron chi connectivity index (χ4n) is 4.02. The van der Waals surface area contributed by atoms with Crippen molar-refractivity contribution in [2.45, 2.75) is 39.2 Å². The number of rotatable bonds is 6. The van der Waals surface area contributed by atoms with Gasteiger partial charge in [-0.15, -0.1) is 12.4 Å². The normalized spacial score (nSPS) is 19.9. The Kier molecular flexibility index (Phi) is 8.33. The summed E-state index contributed by atoms with van der Waals surface area (Å²) in [6.07, 6.45) is 2.68. The van der Waals surface area contributed by atoms with Crippen molar-refractivity contribution in [3.63, 3.8) is 0 Å². The van der Waals surface area contributed by atoms with E-state index >= 15 is 0 Å². The Morgan fingerprint density at radius 1 is 1.07 bits per heavy atom. The molecule has 0 saturated carbocycles. The molecule has 3 rings (SSSR count). The number of piperidine rings is 1. The fraction of sp³-hybridized carbons (Fsp3) is 0.435. The van der Waals surface area contributed by atoms with Gasteiger partial charge in [0.1, 0.15) is 0 Å². The predicted octanol–water partition coefficient (Wildman–Crippen LogP) is 4.80. The van der Waals surface area contributed by atoms with E-state index in [1.807, 2.05) is 25.1 Å². The summed E-state index contributed by atoms with van der Waals surface area (Å²) >= 11 is 0. The summed E-state index contributed by atoms with van der Waals surface area (Å²) in [5.41, 5.74) is 2.43. The van der Waals surface area contributed by atoms with E-state index in [0.717, 1.165) is 38.2 Å². The quantitative estimate of drug-likeness (QED) is 0.711. The van der Waals surface area contributed by atoms with E-state index in [2.05, 4.69) is 59.2 Å². The molecular formula is C23H31ClN2O. The number of halogens is 1. The molecule has 2 aromatic carbocycles. The topological polar surface area (TPSA) is 23.6 Å². The van der Waals surface area contributed by atoms with Gasteiger partial charge in [0.25, 0.3) is 0 Å². The molecule has 2 aromatic rings.